The summed E-state index contributed by atoms with van der Waals surface area (Å²) in [4.78, 5) is 12.8. The number of aryl methyl sites for hydroxylation is 1. The standard InChI is InChI=1S/C23H26ClF3N2O4S/c1-15-8-11-20(33-2)21(12-15)34(31,32)29(17-6-4-3-5-7-17)14-22(30)28-16-9-10-19(24)18(13-16)23(25,26)27/h8-13,17H,3-7,14H2,1-2H3,(H,28,30). The second-order valence-corrected chi connectivity index (χ2v) is 10.5. The van der Waals surface area contributed by atoms with Crippen molar-refractivity contribution in [3.8, 4) is 5.75 Å². The number of alkyl halides is 3. The largest absolute Gasteiger partial charge is 0.495 e. The van der Waals surface area contributed by atoms with Gasteiger partial charge in [-0.1, -0.05) is 36.9 Å². The first-order valence-electron chi connectivity index (χ1n) is 10.8. The van der Waals surface area contributed by atoms with Crippen LogP contribution in [0.25, 0.3) is 0 Å². The first kappa shape index (κ1) is 26.3. The molecule has 1 aliphatic carbocycles. The number of methoxy groups -OCH3 is 1. The number of carbonyl (C=O) groups is 1. The molecule has 0 bridgehead atoms. The van der Waals surface area contributed by atoms with Gasteiger partial charge in [0.15, 0.2) is 0 Å². The van der Waals surface area contributed by atoms with Gasteiger partial charge in [-0.3, -0.25) is 4.79 Å². The number of nitrogens with one attached hydrogen (secondary N) is 1. The fourth-order valence-corrected chi connectivity index (χ4v) is 6.16. The second kappa shape index (κ2) is 10.5. The van der Waals surface area contributed by atoms with Crippen molar-refractivity contribution in [1.82, 2.24) is 4.31 Å². The lowest BCUT2D eigenvalue weighted by Gasteiger charge is -2.33. The fraction of sp³-hybridized carbons (Fsp3) is 0.435. The molecule has 3 rings (SSSR count). The Labute approximate surface area is 202 Å². The van der Waals surface area contributed by atoms with Crippen LogP contribution in [0.3, 0.4) is 0 Å². The summed E-state index contributed by atoms with van der Waals surface area (Å²) in [5.74, 6) is -0.601. The number of sulfonamides is 1. The molecule has 1 fully saturated rings. The monoisotopic (exact) mass is 518 g/mol. The molecule has 0 aliphatic heterocycles. The van der Waals surface area contributed by atoms with Gasteiger partial charge in [-0.05, 0) is 55.7 Å². The quantitative estimate of drug-likeness (QED) is 0.515. The highest BCUT2D eigenvalue weighted by Gasteiger charge is 2.36. The molecule has 0 spiro atoms. The molecule has 2 aromatic rings. The van der Waals surface area contributed by atoms with Crippen molar-refractivity contribution >= 4 is 33.2 Å². The van der Waals surface area contributed by atoms with E-state index >= 15 is 0 Å². The number of hydrogen-bond donors (Lipinski definition) is 1. The zero-order valence-electron chi connectivity index (χ0n) is 18.8. The van der Waals surface area contributed by atoms with Crippen LogP contribution >= 0.6 is 11.6 Å². The topological polar surface area (TPSA) is 75.7 Å². The van der Waals surface area contributed by atoms with Gasteiger partial charge < -0.3 is 10.1 Å². The summed E-state index contributed by atoms with van der Waals surface area (Å²) in [6, 6.07) is 7.33. The summed E-state index contributed by atoms with van der Waals surface area (Å²) >= 11 is 5.64. The van der Waals surface area contributed by atoms with Crippen molar-refractivity contribution in [1.29, 1.82) is 0 Å². The number of rotatable bonds is 7. The lowest BCUT2D eigenvalue weighted by atomic mass is 9.95. The van der Waals surface area contributed by atoms with E-state index in [1.165, 1.54) is 19.2 Å². The van der Waals surface area contributed by atoms with Gasteiger partial charge in [0, 0.05) is 11.7 Å². The van der Waals surface area contributed by atoms with Crippen LogP contribution in [-0.4, -0.2) is 38.3 Å². The average Bonchev–Trinajstić information content (AvgIpc) is 2.78. The van der Waals surface area contributed by atoms with E-state index in [9.17, 15) is 26.4 Å². The molecule has 1 saturated carbocycles. The number of amides is 1. The molecule has 1 N–H and O–H groups in total. The molecule has 11 heteroatoms. The molecule has 34 heavy (non-hydrogen) atoms. The van der Waals surface area contributed by atoms with E-state index in [0.29, 0.717) is 18.4 Å². The van der Waals surface area contributed by atoms with Gasteiger partial charge >= 0.3 is 6.18 Å². The molecule has 0 aromatic heterocycles. The van der Waals surface area contributed by atoms with E-state index in [2.05, 4.69) is 5.32 Å². The third kappa shape index (κ3) is 6.03. The van der Waals surface area contributed by atoms with Gasteiger partial charge in [-0.25, -0.2) is 8.42 Å². The molecule has 186 valence electrons. The van der Waals surface area contributed by atoms with Crippen LogP contribution in [-0.2, 0) is 21.0 Å². The molecule has 6 nitrogen and oxygen atoms in total. The molecule has 0 radical (unpaired) electrons. The highest BCUT2D eigenvalue weighted by molar-refractivity contribution is 7.89. The number of hydrogen-bond acceptors (Lipinski definition) is 4. The predicted octanol–water partition coefficient (Wildman–Crippen LogP) is 5.64. The third-order valence-corrected chi connectivity index (χ3v) is 7.99. The summed E-state index contributed by atoms with van der Waals surface area (Å²) in [7, 11) is -2.78. The first-order valence-corrected chi connectivity index (χ1v) is 12.6. The van der Waals surface area contributed by atoms with Crippen LogP contribution in [0.2, 0.25) is 5.02 Å². The lowest BCUT2D eigenvalue weighted by molar-refractivity contribution is -0.137. The van der Waals surface area contributed by atoms with Gasteiger partial charge in [-0.15, -0.1) is 0 Å². The number of halogens is 4. The molecule has 1 aliphatic rings. The second-order valence-electron chi connectivity index (χ2n) is 8.24. The summed E-state index contributed by atoms with van der Waals surface area (Å²) in [5, 5.41) is 1.88. The predicted molar refractivity (Wildman–Crippen MR) is 124 cm³/mol. The zero-order chi connectivity index (χ0) is 25.1. The van der Waals surface area contributed by atoms with Gasteiger partial charge in [-0.2, -0.15) is 17.5 Å². The lowest BCUT2D eigenvalue weighted by Crippen LogP contribution is -2.45. The van der Waals surface area contributed by atoms with E-state index < -0.39 is 45.3 Å². The normalized spacial score (nSPS) is 15.4. The Morgan fingerprint density at radius 3 is 2.44 bits per heavy atom. The summed E-state index contributed by atoms with van der Waals surface area (Å²) < 4.78 is 73.3. The number of carbonyl (C=O) groups excluding carboxylic acids is 1. The smallest absolute Gasteiger partial charge is 0.417 e. The maximum Gasteiger partial charge on any atom is 0.417 e. The van der Waals surface area contributed by atoms with Crippen molar-refractivity contribution < 1.29 is 31.1 Å². The summed E-state index contributed by atoms with van der Waals surface area (Å²) in [6.45, 7) is 1.20. The third-order valence-electron chi connectivity index (χ3n) is 5.74. The van der Waals surface area contributed by atoms with E-state index in [4.69, 9.17) is 16.3 Å². The summed E-state index contributed by atoms with van der Waals surface area (Å²) in [6.07, 6.45) is -0.934. The maximum atomic E-state index is 13.7. The van der Waals surface area contributed by atoms with Crippen molar-refractivity contribution in [2.24, 2.45) is 0 Å². The highest BCUT2D eigenvalue weighted by atomic mass is 35.5. The van der Waals surface area contributed by atoms with Crippen molar-refractivity contribution in [2.75, 3.05) is 19.0 Å². The van der Waals surface area contributed by atoms with Crippen LogP contribution in [0.5, 0.6) is 5.75 Å². The van der Waals surface area contributed by atoms with Gasteiger partial charge in [0.1, 0.15) is 10.6 Å². The zero-order valence-corrected chi connectivity index (χ0v) is 20.4. The first-order chi connectivity index (χ1) is 15.9. The SMILES string of the molecule is COc1ccc(C)cc1S(=O)(=O)N(CC(=O)Nc1ccc(Cl)c(C(F)(F)F)c1)C1CCCCC1. The summed E-state index contributed by atoms with van der Waals surface area (Å²) in [5.41, 5.74) is -0.516. The van der Waals surface area contributed by atoms with Crippen molar-refractivity contribution in [2.45, 2.75) is 56.1 Å². The Kier molecular flexibility index (Phi) is 8.15. The Morgan fingerprint density at radius 2 is 1.82 bits per heavy atom. The molecule has 0 heterocycles. The Hall–Kier alpha value is -2.30. The number of anilines is 1. The number of nitrogens with zero attached hydrogens (tertiary/aromatic N) is 1. The van der Waals surface area contributed by atoms with Gasteiger partial charge in [0.25, 0.3) is 0 Å². The molecular weight excluding hydrogens is 493 g/mol. The Bertz CT molecular complexity index is 1150. The minimum atomic E-state index is -4.70. The average molecular weight is 519 g/mol. The molecule has 2 aromatic carbocycles. The molecule has 0 unspecified atom stereocenters. The minimum Gasteiger partial charge on any atom is -0.495 e. The van der Waals surface area contributed by atoms with Crippen molar-refractivity contribution in [3.05, 3.63) is 52.5 Å². The van der Waals surface area contributed by atoms with Crippen LogP contribution in [0, 0.1) is 6.92 Å². The fourth-order valence-electron chi connectivity index (χ4n) is 4.05. The van der Waals surface area contributed by atoms with Gasteiger partial charge in [0.2, 0.25) is 15.9 Å². The molecule has 0 saturated heterocycles. The Balaban J connectivity index is 1.92. The highest BCUT2D eigenvalue weighted by Crippen LogP contribution is 2.36. The molecular formula is C23H26ClF3N2O4S. The van der Waals surface area contributed by atoms with Crippen LogP contribution in [0.4, 0.5) is 18.9 Å². The van der Waals surface area contributed by atoms with Crippen LogP contribution < -0.4 is 10.1 Å². The Morgan fingerprint density at radius 1 is 1.15 bits per heavy atom. The van der Waals surface area contributed by atoms with E-state index in [1.807, 2.05) is 0 Å². The van der Waals surface area contributed by atoms with Gasteiger partial charge in [0.05, 0.1) is 24.2 Å². The molecule has 0 atom stereocenters. The van der Waals surface area contributed by atoms with E-state index in [0.717, 1.165) is 35.7 Å². The minimum absolute atomic E-state index is 0.0563. The maximum absolute atomic E-state index is 13.7. The number of ether oxygens (including phenoxy) is 1. The van der Waals surface area contributed by atoms with Crippen molar-refractivity contribution in [3.63, 3.8) is 0 Å². The van der Waals surface area contributed by atoms with E-state index in [1.54, 1.807) is 19.1 Å². The van der Waals surface area contributed by atoms with Crippen LogP contribution in [0.15, 0.2) is 41.3 Å². The van der Waals surface area contributed by atoms with Crippen LogP contribution in [0.1, 0.15) is 43.2 Å². The molecule has 1 amide bonds. The number of benzene rings is 2. The van der Waals surface area contributed by atoms with E-state index in [-0.39, 0.29) is 16.3 Å².